The molecule has 2 atom stereocenters. The molecule has 4 aliphatic carbocycles. The Balaban J connectivity index is 1.24. The summed E-state index contributed by atoms with van der Waals surface area (Å²) in [7, 11) is 0. The lowest BCUT2D eigenvalue weighted by Gasteiger charge is -2.54. The van der Waals surface area contributed by atoms with Gasteiger partial charge in [0.05, 0.1) is 18.9 Å². The van der Waals surface area contributed by atoms with E-state index in [9.17, 15) is 19.2 Å². The highest BCUT2D eigenvalue weighted by Gasteiger charge is 2.52. The molecule has 9 heteroatoms. The van der Waals surface area contributed by atoms with Crippen LogP contribution in [0.1, 0.15) is 63.0 Å². The van der Waals surface area contributed by atoms with Crippen molar-refractivity contribution in [3.63, 3.8) is 0 Å². The van der Waals surface area contributed by atoms with Crippen LogP contribution in [0.4, 0.5) is 0 Å². The molecule has 4 bridgehead atoms. The Labute approximate surface area is 263 Å². The minimum Gasteiger partial charge on any atom is -0.481 e. The Hall–Kier alpha value is -4.14. The van der Waals surface area contributed by atoms with Crippen LogP contribution in [-0.2, 0) is 36.8 Å². The molecule has 4 saturated carbocycles. The van der Waals surface area contributed by atoms with E-state index in [1.807, 2.05) is 60.8 Å². The molecule has 1 aromatic heterocycles. The Morgan fingerprint density at radius 3 is 2.29 bits per heavy atom. The van der Waals surface area contributed by atoms with E-state index in [0.717, 1.165) is 59.5 Å². The number of H-pyrrole nitrogens is 1. The van der Waals surface area contributed by atoms with Gasteiger partial charge in [-0.1, -0.05) is 48.5 Å². The number of aromatic nitrogens is 1. The van der Waals surface area contributed by atoms with Gasteiger partial charge in [0.25, 0.3) is 0 Å². The molecule has 9 nitrogen and oxygen atoms in total. The average molecular weight is 614 g/mol. The van der Waals surface area contributed by atoms with Crippen molar-refractivity contribution in [3.8, 4) is 0 Å². The number of carbonyl (C=O) groups excluding carboxylic acids is 3. The van der Waals surface area contributed by atoms with Crippen LogP contribution in [0.25, 0.3) is 10.9 Å². The summed E-state index contributed by atoms with van der Waals surface area (Å²) in [6.07, 6.45) is 7.69. The zero-order valence-electron chi connectivity index (χ0n) is 25.8. The topological polar surface area (TPSA) is 138 Å². The molecule has 238 valence electrons. The quantitative estimate of drug-likeness (QED) is 0.205. The summed E-state index contributed by atoms with van der Waals surface area (Å²) in [6, 6.07) is 16.9. The van der Waals surface area contributed by atoms with E-state index < -0.39 is 23.5 Å². The first-order chi connectivity index (χ1) is 21.7. The van der Waals surface area contributed by atoms with Crippen LogP contribution in [0.3, 0.4) is 0 Å². The minimum absolute atomic E-state index is 0.0407. The third-order valence-electron chi connectivity index (χ3n) is 10.3. The highest BCUT2D eigenvalue weighted by atomic mass is 16.5. The van der Waals surface area contributed by atoms with Crippen LogP contribution in [0, 0.1) is 29.6 Å². The molecule has 0 unspecified atom stereocenters. The Bertz CT molecular complexity index is 1520. The van der Waals surface area contributed by atoms with E-state index in [0.29, 0.717) is 18.3 Å². The lowest BCUT2D eigenvalue weighted by atomic mass is 9.51. The fraction of sp³-hybridized carbons (Fsp3) is 0.500. The van der Waals surface area contributed by atoms with E-state index in [4.69, 9.17) is 9.84 Å². The molecule has 0 spiro atoms. The number of hydrogen-bond acceptors (Lipinski definition) is 5. The van der Waals surface area contributed by atoms with Crippen molar-refractivity contribution >= 4 is 34.7 Å². The zero-order chi connectivity index (χ0) is 31.6. The van der Waals surface area contributed by atoms with Crippen molar-refractivity contribution in [1.29, 1.82) is 0 Å². The first kappa shape index (κ1) is 30.9. The van der Waals surface area contributed by atoms with Crippen LogP contribution >= 0.6 is 0 Å². The van der Waals surface area contributed by atoms with Gasteiger partial charge < -0.3 is 25.5 Å². The normalized spacial score (nSPS) is 25.3. The van der Waals surface area contributed by atoms with E-state index in [1.54, 1.807) is 6.92 Å². The number of carbonyl (C=O) groups is 4. The van der Waals surface area contributed by atoms with E-state index in [1.165, 1.54) is 6.42 Å². The minimum atomic E-state index is -1.28. The summed E-state index contributed by atoms with van der Waals surface area (Å²) in [6.45, 7) is 1.67. The summed E-state index contributed by atoms with van der Waals surface area (Å²) in [5.41, 5.74) is 1.55. The first-order valence-electron chi connectivity index (χ1n) is 16.3. The fourth-order valence-corrected chi connectivity index (χ4v) is 8.42. The van der Waals surface area contributed by atoms with E-state index in [-0.39, 0.29) is 43.6 Å². The van der Waals surface area contributed by atoms with Crippen molar-refractivity contribution in [2.75, 3.05) is 6.61 Å². The Kier molecular flexibility index (Phi) is 8.97. The maximum atomic E-state index is 14.4. The van der Waals surface area contributed by atoms with Crippen molar-refractivity contribution in [2.45, 2.75) is 76.3 Å². The summed E-state index contributed by atoms with van der Waals surface area (Å²) < 4.78 is 5.44. The van der Waals surface area contributed by atoms with Crippen molar-refractivity contribution in [1.82, 2.24) is 15.6 Å². The fourth-order valence-electron chi connectivity index (χ4n) is 8.42. The molecular formula is C36H43N3O6. The molecule has 0 radical (unpaired) electrons. The lowest BCUT2D eigenvalue weighted by molar-refractivity contribution is -0.149. The predicted molar refractivity (Wildman–Crippen MR) is 169 cm³/mol. The maximum Gasteiger partial charge on any atom is 0.306 e. The molecule has 1 heterocycles. The summed E-state index contributed by atoms with van der Waals surface area (Å²) in [4.78, 5) is 55.0. The molecule has 4 fully saturated rings. The number of para-hydroxylation sites is 1. The van der Waals surface area contributed by atoms with Gasteiger partial charge in [-0.15, -0.1) is 0 Å². The van der Waals surface area contributed by atoms with Gasteiger partial charge >= 0.3 is 11.9 Å². The van der Waals surface area contributed by atoms with Gasteiger partial charge in [0.2, 0.25) is 11.8 Å². The van der Waals surface area contributed by atoms with E-state index >= 15 is 0 Å². The largest absolute Gasteiger partial charge is 0.481 e. The summed E-state index contributed by atoms with van der Waals surface area (Å²) in [5.74, 6) is 0.0151. The molecular weight excluding hydrogens is 570 g/mol. The number of ether oxygens (including phenoxy) is 1. The molecule has 2 amide bonds. The number of amides is 2. The maximum absolute atomic E-state index is 14.4. The number of carboxylic acid groups (broad SMARTS) is 1. The average Bonchev–Trinajstić information content (AvgIpc) is 3.41. The molecule has 4 N–H and O–H groups in total. The second kappa shape index (κ2) is 13.1. The lowest BCUT2D eigenvalue weighted by Crippen LogP contribution is -2.63. The Morgan fingerprint density at radius 2 is 1.60 bits per heavy atom. The first-order valence-corrected chi connectivity index (χ1v) is 16.3. The molecule has 7 rings (SSSR count). The zero-order valence-corrected chi connectivity index (χ0v) is 25.8. The van der Waals surface area contributed by atoms with Crippen LogP contribution in [-0.4, -0.2) is 52.0 Å². The molecule has 2 aromatic carbocycles. The monoisotopic (exact) mass is 613 g/mol. The second-order valence-electron chi connectivity index (χ2n) is 13.8. The van der Waals surface area contributed by atoms with Crippen molar-refractivity contribution in [3.05, 3.63) is 71.9 Å². The van der Waals surface area contributed by atoms with Crippen molar-refractivity contribution in [2.24, 2.45) is 29.6 Å². The van der Waals surface area contributed by atoms with Crippen LogP contribution in [0.5, 0.6) is 0 Å². The molecule has 3 aromatic rings. The molecule has 0 saturated heterocycles. The summed E-state index contributed by atoms with van der Waals surface area (Å²) in [5, 5.41) is 16.3. The van der Waals surface area contributed by atoms with Gasteiger partial charge in [-0.2, -0.15) is 0 Å². The molecule has 0 aliphatic heterocycles. The SMILES string of the molecule is C[C@](Cc1c[nH]c2ccccc12)(NC(=O)C1C2CC3CC(C2)CC1C3)C(=O)N[C@H](COC(=O)CCC(=O)O)Cc1ccccc1. The third kappa shape index (κ3) is 7.08. The van der Waals surface area contributed by atoms with Crippen LogP contribution in [0.2, 0.25) is 0 Å². The number of esters is 1. The van der Waals surface area contributed by atoms with Gasteiger partial charge in [-0.3, -0.25) is 19.2 Å². The number of aliphatic carboxylic acids is 1. The number of hydrogen-bond donors (Lipinski definition) is 4. The molecule has 45 heavy (non-hydrogen) atoms. The van der Waals surface area contributed by atoms with Crippen LogP contribution < -0.4 is 10.6 Å². The van der Waals surface area contributed by atoms with Gasteiger partial charge in [-0.25, -0.2) is 0 Å². The number of rotatable bonds is 13. The number of benzene rings is 2. The Morgan fingerprint density at radius 1 is 0.933 bits per heavy atom. The number of aromatic amines is 1. The predicted octanol–water partition coefficient (Wildman–Crippen LogP) is 4.79. The standard InChI is InChI=1S/C36H43N3O6/c1-36(19-27-20-37-30-10-6-5-9-29(27)30,39-34(43)33-25-14-23-13-24(16-25)17-26(33)15-23)35(44)38-28(18-22-7-3-2-4-8-22)21-45-32(42)12-11-31(40)41/h2-10,20,23-26,28,33,37H,11-19,21H2,1H3,(H,38,44)(H,39,43)(H,40,41)/t23?,24?,25?,26?,28-,33?,36+/m0/s1. The molecule has 4 aliphatic rings. The highest BCUT2D eigenvalue weighted by Crippen LogP contribution is 2.56. The van der Waals surface area contributed by atoms with Crippen molar-refractivity contribution < 1.29 is 29.0 Å². The van der Waals surface area contributed by atoms with Gasteiger partial charge in [0, 0.05) is 29.4 Å². The number of nitrogens with one attached hydrogen (secondary N) is 3. The van der Waals surface area contributed by atoms with Crippen LogP contribution in [0.15, 0.2) is 60.8 Å². The smallest absolute Gasteiger partial charge is 0.306 e. The third-order valence-corrected chi connectivity index (χ3v) is 10.3. The van der Waals surface area contributed by atoms with E-state index in [2.05, 4.69) is 15.6 Å². The number of carboxylic acids is 1. The van der Waals surface area contributed by atoms with Gasteiger partial charge in [0.1, 0.15) is 12.1 Å². The highest BCUT2D eigenvalue weighted by molar-refractivity contribution is 5.93. The summed E-state index contributed by atoms with van der Waals surface area (Å²) >= 11 is 0. The van der Waals surface area contributed by atoms with Gasteiger partial charge in [0.15, 0.2) is 0 Å². The number of fused-ring (bicyclic) bond motifs is 1. The van der Waals surface area contributed by atoms with Gasteiger partial charge in [-0.05, 0) is 86.3 Å². The second-order valence-corrected chi connectivity index (χ2v) is 13.8.